The lowest BCUT2D eigenvalue weighted by atomic mass is 10.1. The molecular formula is C24H32N4O6S. The van der Waals surface area contributed by atoms with Gasteiger partial charge in [-0.25, -0.2) is 8.42 Å². The summed E-state index contributed by atoms with van der Waals surface area (Å²) in [5, 5.41) is 9.79. The highest BCUT2D eigenvalue weighted by molar-refractivity contribution is 7.90. The van der Waals surface area contributed by atoms with Gasteiger partial charge in [-0.05, 0) is 37.7 Å². The Kier molecular flexibility index (Phi) is 8.30. The first-order chi connectivity index (χ1) is 16.8. The van der Waals surface area contributed by atoms with Gasteiger partial charge < -0.3 is 19.9 Å². The van der Waals surface area contributed by atoms with E-state index in [9.17, 15) is 18.0 Å². The van der Waals surface area contributed by atoms with Gasteiger partial charge >= 0.3 is 0 Å². The summed E-state index contributed by atoms with van der Waals surface area (Å²) in [6, 6.07) is 6.88. The summed E-state index contributed by atoms with van der Waals surface area (Å²) in [6.45, 7) is 2.84. The Morgan fingerprint density at radius 2 is 1.80 bits per heavy atom. The van der Waals surface area contributed by atoms with Gasteiger partial charge in [0.2, 0.25) is 11.7 Å². The average molecular weight is 505 g/mol. The van der Waals surface area contributed by atoms with Crippen LogP contribution in [0, 0.1) is 0 Å². The summed E-state index contributed by atoms with van der Waals surface area (Å²) in [5.74, 6) is -0.965. The molecule has 1 saturated carbocycles. The van der Waals surface area contributed by atoms with Gasteiger partial charge in [-0.15, -0.1) is 0 Å². The van der Waals surface area contributed by atoms with Gasteiger partial charge in [0.25, 0.3) is 5.89 Å². The molecule has 0 spiro atoms. The number of carbonyl (C=O) groups excluding carboxylic acids is 2. The van der Waals surface area contributed by atoms with E-state index in [1.165, 1.54) is 0 Å². The lowest BCUT2D eigenvalue weighted by Crippen LogP contribution is -2.55. The minimum atomic E-state index is -3.62. The maximum Gasteiger partial charge on any atom is 0.296 e. The minimum Gasteiger partial charge on any atom is -0.381 e. The fraction of sp³-hybridized carbons (Fsp3) is 0.583. The summed E-state index contributed by atoms with van der Waals surface area (Å²) in [5.41, 5.74) is 0.655. The smallest absolute Gasteiger partial charge is 0.296 e. The molecule has 1 aromatic heterocycles. The highest BCUT2D eigenvalue weighted by Gasteiger charge is 2.34. The summed E-state index contributed by atoms with van der Waals surface area (Å²) in [6.07, 6.45) is 3.58. The third-order valence-corrected chi connectivity index (χ3v) is 7.88. The Hall–Kier alpha value is -2.63. The molecule has 0 bridgehead atoms. The third-order valence-electron chi connectivity index (χ3n) is 6.26. The predicted octanol–water partition coefficient (Wildman–Crippen LogP) is 1.78. The van der Waals surface area contributed by atoms with Crippen LogP contribution in [0.2, 0.25) is 0 Å². The molecule has 1 saturated heterocycles. The zero-order valence-corrected chi connectivity index (χ0v) is 20.6. The molecule has 2 fully saturated rings. The molecule has 2 aliphatic rings. The molecule has 2 aromatic rings. The first-order valence-electron chi connectivity index (χ1n) is 12.1. The van der Waals surface area contributed by atoms with Gasteiger partial charge in [-0.2, -0.15) is 4.98 Å². The normalized spacial score (nSPS) is 18.7. The number of hydrogen-bond acceptors (Lipinski definition) is 9. The van der Waals surface area contributed by atoms with Gasteiger partial charge in [0.05, 0.1) is 17.5 Å². The molecule has 11 heteroatoms. The summed E-state index contributed by atoms with van der Waals surface area (Å²) < 4.78 is 36.5. The van der Waals surface area contributed by atoms with Crippen molar-refractivity contribution >= 4 is 21.5 Å². The number of nitrogens with zero attached hydrogens (tertiary/aromatic N) is 2. The second-order valence-electron chi connectivity index (χ2n) is 9.21. The molecule has 2 heterocycles. The number of rotatable bonds is 12. The zero-order chi connectivity index (χ0) is 24.8. The van der Waals surface area contributed by atoms with Gasteiger partial charge in [0.1, 0.15) is 6.04 Å². The second-order valence-corrected chi connectivity index (χ2v) is 11.3. The number of carbonyl (C=O) groups is 2. The number of Topliss-reactive ketones (excluding diaryl/α,β-unsaturated/α-hetero) is 1. The van der Waals surface area contributed by atoms with E-state index in [2.05, 4.69) is 20.8 Å². The quantitative estimate of drug-likeness (QED) is 0.414. The van der Waals surface area contributed by atoms with Crippen molar-refractivity contribution in [2.24, 2.45) is 0 Å². The van der Waals surface area contributed by atoms with Crippen LogP contribution in [0.3, 0.4) is 0 Å². The molecular weight excluding hydrogens is 472 g/mol. The average Bonchev–Trinajstić information content (AvgIpc) is 3.58. The Morgan fingerprint density at radius 3 is 2.46 bits per heavy atom. The Morgan fingerprint density at radius 1 is 1.09 bits per heavy atom. The highest BCUT2D eigenvalue weighted by Crippen LogP contribution is 2.38. The molecule has 2 atom stereocenters. The maximum absolute atomic E-state index is 13.3. The lowest BCUT2D eigenvalue weighted by molar-refractivity contribution is -0.123. The number of aromatic nitrogens is 2. The Bertz CT molecular complexity index is 1110. The molecule has 2 N–H and O–H groups in total. The van der Waals surface area contributed by atoms with Gasteiger partial charge in [0, 0.05) is 25.2 Å². The van der Waals surface area contributed by atoms with Gasteiger partial charge in [-0.3, -0.25) is 9.59 Å². The summed E-state index contributed by atoms with van der Waals surface area (Å²) in [4.78, 5) is 30.4. The molecule has 1 amide bonds. The van der Waals surface area contributed by atoms with Crippen LogP contribution in [0.15, 0.2) is 34.9 Å². The van der Waals surface area contributed by atoms with Crippen molar-refractivity contribution in [3.8, 4) is 0 Å². The van der Waals surface area contributed by atoms with Crippen molar-refractivity contribution < 1.29 is 27.3 Å². The molecule has 0 radical (unpaired) electrons. The molecule has 4 rings (SSSR count). The standard InChI is InChI=1S/C24H32N4O6S/c1-2-19(21(29)24-27-22(28-34-24)17-8-9-17)26-23(30)20(25-18-10-12-33-13-11-18)15-35(31,32)14-16-6-4-3-5-7-16/h3-7,17-20,25H,2,8-15H2,1H3,(H,26,30). The van der Waals surface area contributed by atoms with Crippen molar-refractivity contribution in [2.45, 2.75) is 68.8 Å². The van der Waals surface area contributed by atoms with Crippen LogP contribution in [-0.2, 0) is 25.1 Å². The molecule has 190 valence electrons. The number of sulfone groups is 1. The van der Waals surface area contributed by atoms with Crippen LogP contribution in [0.4, 0.5) is 0 Å². The number of nitrogens with one attached hydrogen (secondary N) is 2. The third kappa shape index (κ3) is 7.18. The van der Waals surface area contributed by atoms with E-state index in [1.54, 1.807) is 31.2 Å². The molecule has 1 aliphatic carbocycles. The van der Waals surface area contributed by atoms with E-state index in [1.807, 2.05) is 6.07 Å². The van der Waals surface area contributed by atoms with E-state index in [-0.39, 0.29) is 29.4 Å². The van der Waals surface area contributed by atoms with Crippen LogP contribution < -0.4 is 10.6 Å². The molecule has 1 aromatic carbocycles. The molecule has 1 aliphatic heterocycles. The van der Waals surface area contributed by atoms with E-state index in [4.69, 9.17) is 9.26 Å². The van der Waals surface area contributed by atoms with Crippen LogP contribution in [0.5, 0.6) is 0 Å². The van der Waals surface area contributed by atoms with Crippen molar-refractivity contribution in [3.63, 3.8) is 0 Å². The fourth-order valence-corrected chi connectivity index (χ4v) is 5.68. The van der Waals surface area contributed by atoms with Crippen LogP contribution in [-0.4, -0.2) is 67.3 Å². The Balaban J connectivity index is 1.46. The van der Waals surface area contributed by atoms with E-state index >= 15 is 0 Å². The summed E-state index contributed by atoms with van der Waals surface area (Å²) >= 11 is 0. The van der Waals surface area contributed by atoms with Crippen LogP contribution in [0.1, 0.15) is 67.0 Å². The fourth-order valence-electron chi connectivity index (χ4n) is 4.11. The molecule has 2 unspecified atom stereocenters. The lowest BCUT2D eigenvalue weighted by Gasteiger charge is -2.29. The number of amides is 1. The molecule has 35 heavy (non-hydrogen) atoms. The van der Waals surface area contributed by atoms with Crippen molar-refractivity contribution in [3.05, 3.63) is 47.6 Å². The Labute approximate surface area is 205 Å². The maximum atomic E-state index is 13.3. The van der Waals surface area contributed by atoms with Crippen molar-refractivity contribution in [1.29, 1.82) is 0 Å². The number of ketones is 1. The number of ether oxygens (including phenoxy) is 1. The van der Waals surface area contributed by atoms with E-state index in [0.717, 1.165) is 12.8 Å². The number of hydrogen-bond donors (Lipinski definition) is 2. The van der Waals surface area contributed by atoms with Gasteiger partial charge in [-0.1, -0.05) is 42.4 Å². The topological polar surface area (TPSA) is 140 Å². The monoisotopic (exact) mass is 504 g/mol. The molecule has 10 nitrogen and oxygen atoms in total. The largest absolute Gasteiger partial charge is 0.381 e. The first kappa shape index (κ1) is 25.5. The SMILES string of the molecule is CCC(NC(=O)C(CS(=O)(=O)Cc1ccccc1)NC1CCOCC1)C(=O)c1nc(C2CC2)no1. The van der Waals surface area contributed by atoms with Crippen molar-refractivity contribution in [2.75, 3.05) is 19.0 Å². The zero-order valence-electron chi connectivity index (χ0n) is 19.8. The van der Waals surface area contributed by atoms with Gasteiger partial charge in [0.15, 0.2) is 15.7 Å². The van der Waals surface area contributed by atoms with Crippen molar-refractivity contribution in [1.82, 2.24) is 20.8 Å². The highest BCUT2D eigenvalue weighted by atomic mass is 32.2. The van der Waals surface area contributed by atoms with Crippen LogP contribution >= 0.6 is 0 Å². The summed E-state index contributed by atoms with van der Waals surface area (Å²) in [7, 11) is -3.62. The predicted molar refractivity (Wildman–Crippen MR) is 128 cm³/mol. The van der Waals surface area contributed by atoms with Crippen LogP contribution in [0.25, 0.3) is 0 Å². The number of benzene rings is 1. The van der Waals surface area contributed by atoms with E-state index in [0.29, 0.717) is 43.9 Å². The second kappa shape index (κ2) is 11.4. The van der Waals surface area contributed by atoms with E-state index < -0.39 is 33.6 Å². The first-order valence-corrected chi connectivity index (χ1v) is 13.9. The minimum absolute atomic E-state index is 0.0563.